The molecule has 0 aliphatic rings. The first-order chi connectivity index (χ1) is 15.5. The smallest absolute Gasteiger partial charge is 0.269 e. The molecule has 10 nitrogen and oxygen atoms in total. The molecule has 0 atom stereocenters. The minimum Gasteiger partial charge on any atom is -0.493 e. The number of carbonyl (C=O) groups is 2. The average molecular weight is 458 g/mol. The first-order valence-electron chi connectivity index (χ1n) is 9.46. The van der Waals surface area contributed by atoms with Gasteiger partial charge in [0.05, 0.1) is 27.1 Å². The maximum atomic E-state index is 12.5. The number of nitrogens with zero attached hydrogens (tertiary/aromatic N) is 3. The van der Waals surface area contributed by atoms with Gasteiger partial charge in [-0.25, -0.2) is 0 Å². The summed E-state index contributed by atoms with van der Waals surface area (Å²) < 4.78 is 17.5. The van der Waals surface area contributed by atoms with E-state index in [0.29, 0.717) is 22.4 Å². The second kappa shape index (κ2) is 10.5. The zero-order valence-corrected chi connectivity index (χ0v) is 18.9. The fraction of sp³-hybridized carbons (Fsp3) is 0.238. The second-order valence-electron chi connectivity index (χ2n) is 6.52. The molecule has 2 amide bonds. The van der Waals surface area contributed by atoms with E-state index in [0.717, 1.165) is 11.3 Å². The Morgan fingerprint density at radius 2 is 1.66 bits per heavy atom. The lowest BCUT2D eigenvalue weighted by Crippen LogP contribution is -2.42. The van der Waals surface area contributed by atoms with Crippen LogP contribution in [0, 0.1) is 6.92 Å². The van der Waals surface area contributed by atoms with Gasteiger partial charge in [-0.15, -0.1) is 10.2 Å². The zero-order chi connectivity index (χ0) is 23.1. The summed E-state index contributed by atoms with van der Waals surface area (Å²) in [6.45, 7) is 2.00. The number of aromatic nitrogens is 3. The van der Waals surface area contributed by atoms with E-state index in [1.54, 1.807) is 10.9 Å². The number of thioether (sulfide) groups is 1. The molecule has 11 heteroatoms. The van der Waals surface area contributed by atoms with Crippen molar-refractivity contribution in [3.05, 3.63) is 53.9 Å². The fourth-order valence-corrected chi connectivity index (χ4v) is 3.51. The Labute approximate surface area is 189 Å². The topological polar surface area (TPSA) is 117 Å². The number of hydrogen-bond acceptors (Lipinski definition) is 8. The molecule has 168 valence electrons. The van der Waals surface area contributed by atoms with E-state index < -0.39 is 11.8 Å². The first kappa shape index (κ1) is 22.9. The van der Waals surface area contributed by atoms with Crippen LogP contribution in [0.25, 0.3) is 5.69 Å². The van der Waals surface area contributed by atoms with Crippen LogP contribution in [0.3, 0.4) is 0 Å². The monoisotopic (exact) mass is 457 g/mol. The van der Waals surface area contributed by atoms with Crippen LogP contribution in [0.4, 0.5) is 0 Å². The van der Waals surface area contributed by atoms with Crippen molar-refractivity contribution in [2.24, 2.45) is 0 Å². The van der Waals surface area contributed by atoms with E-state index in [1.165, 1.54) is 45.2 Å². The van der Waals surface area contributed by atoms with E-state index >= 15 is 0 Å². The molecule has 0 saturated carbocycles. The molecule has 1 heterocycles. The number of hydrazine groups is 1. The number of rotatable bonds is 8. The molecular weight excluding hydrogens is 434 g/mol. The fourth-order valence-electron chi connectivity index (χ4n) is 2.78. The van der Waals surface area contributed by atoms with Gasteiger partial charge in [0.1, 0.15) is 6.33 Å². The van der Waals surface area contributed by atoms with Gasteiger partial charge < -0.3 is 14.2 Å². The maximum Gasteiger partial charge on any atom is 0.269 e. The molecule has 0 radical (unpaired) electrons. The average Bonchev–Trinajstić information content (AvgIpc) is 3.29. The van der Waals surface area contributed by atoms with Crippen molar-refractivity contribution >= 4 is 23.6 Å². The molecular formula is C21H23N5O5S. The predicted octanol–water partition coefficient (Wildman–Crippen LogP) is 2.15. The Morgan fingerprint density at radius 3 is 2.25 bits per heavy atom. The van der Waals surface area contributed by atoms with Crippen LogP contribution in [0.15, 0.2) is 47.9 Å². The standard InChI is InChI=1S/C21H23N5O5S/c1-13-5-7-15(8-6-13)26-12-22-25-21(26)32-11-18(27)23-24-20(28)14-9-16(29-2)19(31-4)17(10-14)30-3/h5-10,12H,11H2,1-4H3,(H,23,27)(H,24,28). The first-order valence-corrected chi connectivity index (χ1v) is 10.4. The molecule has 0 spiro atoms. The summed E-state index contributed by atoms with van der Waals surface area (Å²) in [4.78, 5) is 24.7. The van der Waals surface area contributed by atoms with Gasteiger partial charge in [-0.2, -0.15) is 0 Å². The minimum absolute atomic E-state index is 0.0279. The Bertz CT molecular complexity index is 1080. The van der Waals surface area contributed by atoms with E-state index in [9.17, 15) is 9.59 Å². The number of hydrogen-bond donors (Lipinski definition) is 2. The van der Waals surface area contributed by atoms with Crippen LogP contribution in [-0.4, -0.2) is 53.7 Å². The third-order valence-electron chi connectivity index (χ3n) is 4.40. The minimum atomic E-state index is -0.537. The molecule has 0 aliphatic heterocycles. The summed E-state index contributed by atoms with van der Waals surface area (Å²) in [6.07, 6.45) is 1.58. The lowest BCUT2D eigenvalue weighted by molar-refractivity contribution is -0.119. The van der Waals surface area contributed by atoms with Gasteiger partial charge in [-0.1, -0.05) is 29.5 Å². The summed E-state index contributed by atoms with van der Waals surface area (Å²) in [6, 6.07) is 10.8. The van der Waals surface area contributed by atoms with Gasteiger partial charge in [-0.05, 0) is 31.2 Å². The highest BCUT2D eigenvalue weighted by atomic mass is 32.2. The van der Waals surface area contributed by atoms with Crippen LogP contribution in [-0.2, 0) is 4.79 Å². The third-order valence-corrected chi connectivity index (χ3v) is 5.35. The molecule has 0 bridgehead atoms. The molecule has 0 aliphatic carbocycles. The van der Waals surface area contributed by atoms with Gasteiger partial charge in [0.25, 0.3) is 5.91 Å². The predicted molar refractivity (Wildman–Crippen MR) is 119 cm³/mol. The number of nitrogens with one attached hydrogen (secondary N) is 2. The third kappa shape index (κ3) is 5.30. The molecule has 1 aromatic heterocycles. The quantitative estimate of drug-likeness (QED) is 0.390. The highest BCUT2D eigenvalue weighted by molar-refractivity contribution is 7.99. The van der Waals surface area contributed by atoms with Gasteiger partial charge in [0.2, 0.25) is 11.7 Å². The molecule has 0 saturated heterocycles. The van der Waals surface area contributed by atoms with E-state index in [4.69, 9.17) is 14.2 Å². The summed E-state index contributed by atoms with van der Waals surface area (Å²) >= 11 is 1.19. The summed E-state index contributed by atoms with van der Waals surface area (Å²) in [7, 11) is 4.37. The summed E-state index contributed by atoms with van der Waals surface area (Å²) in [5, 5.41) is 8.52. The van der Waals surface area contributed by atoms with Crippen molar-refractivity contribution in [3.63, 3.8) is 0 Å². The molecule has 0 unspecified atom stereocenters. The number of amides is 2. The number of ether oxygens (including phenoxy) is 3. The molecule has 3 aromatic rings. The van der Waals surface area contributed by atoms with Crippen molar-refractivity contribution < 1.29 is 23.8 Å². The highest BCUT2D eigenvalue weighted by Gasteiger charge is 2.17. The SMILES string of the molecule is COc1cc(C(=O)NNC(=O)CSc2nncn2-c2ccc(C)cc2)cc(OC)c1OC. The van der Waals surface area contributed by atoms with Crippen molar-refractivity contribution in [2.75, 3.05) is 27.1 Å². The van der Waals surface area contributed by atoms with Crippen LogP contribution in [0.5, 0.6) is 17.2 Å². The number of aryl methyl sites for hydroxylation is 1. The largest absolute Gasteiger partial charge is 0.493 e. The van der Waals surface area contributed by atoms with E-state index in [1.807, 2.05) is 31.2 Å². The van der Waals surface area contributed by atoms with Crippen LogP contribution < -0.4 is 25.1 Å². The summed E-state index contributed by atoms with van der Waals surface area (Å²) in [5.41, 5.74) is 7.01. The highest BCUT2D eigenvalue weighted by Crippen LogP contribution is 2.38. The van der Waals surface area contributed by atoms with E-state index in [2.05, 4.69) is 21.0 Å². The number of benzene rings is 2. The van der Waals surface area contributed by atoms with Gasteiger partial charge in [-0.3, -0.25) is 25.0 Å². The Balaban J connectivity index is 1.59. The van der Waals surface area contributed by atoms with Gasteiger partial charge in [0, 0.05) is 11.3 Å². The Kier molecular flexibility index (Phi) is 7.55. The van der Waals surface area contributed by atoms with Gasteiger partial charge in [0.15, 0.2) is 16.7 Å². The molecule has 2 N–H and O–H groups in total. The van der Waals surface area contributed by atoms with Gasteiger partial charge >= 0.3 is 0 Å². The maximum absolute atomic E-state index is 12.5. The lowest BCUT2D eigenvalue weighted by Gasteiger charge is -2.14. The number of carbonyl (C=O) groups excluding carboxylic acids is 2. The summed E-state index contributed by atoms with van der Waals surface area (Å²) in [5.74, 6) is 0.105. The van der Waals surface area contributed by atoms with Crippen molar-refractivity contribution in [1.29, 1.82) is 0 Å². The molecule has 32 heavy (non-hydrogen) atoms. The molecule has 2 aromatic carbocycles. The lowest BCUT2D eigenvalue weighted by atomic mass is 10.1. The van der Waals surface area contributed by atoms with Crippen molar-refractivity contribution in [2.45, 2.75) is 12.1 Å². The zero-order valence-electron chi connectivity index (χ0n) is 18.0. The van der Waals surface area contributed by atoms with Crippen molar-refractivity contribution in [3.8, 4) is 22.9 Å². The molecule has 0 fully saturated rings. The Morgan fingerprint density at radius 1 is 1.00 bits per heavy atom. The van der Waals surface area contributed by atoms with E-state index in [-0.39, 0.29) is 11.3 Å². The van der Waals surface area contributed by atoms with Crippen LogP contribution >= 0.6 is 11.8 Å². The Hall–Kier alpha value is -3.73. The normalized spacial score (nSPS) is 10.4. The van der Waals surface area contributed by atoms with Crippen LogP contribution in [0.2, 0.25) is 0 Å². The second-order valence-corrected chi connectivity index (χ2v) is 7.47. The number of methoxy groups -OCH3 is 3. The van der Waals surface area contributed by atoms with Crippen molar-refractivity contribution in [1.82, 2.24) is 25.6 Å². The molecule has 3 rings (SSSR count). The van der Waals surface area contributed by atoms with Crippen LogP contribution in [0.1, 0.15) is 15.9 Å².